The summed E-state index contributed by atoms with van der Waals surface area (Å²) in [6.45, 7) is 11.5. The normalized spacial score (nSPS) is 11.8. The van der Waals surface area contributed by atoms with Gasteiger partial charge in [-0.2, -0.15) is 0 Å². The number of nitrogens with one attached hydrogen (secondary N) is 1. The molecule has 0 saturated carbocycles. The van der Waals surface area contributed by atoms with E-state index in [0.29, 0.717) is 19.6 Å². The molecule has 1 heterocycles. The van der Waals surface area contributed by atoms with Gasteiger partial charge in [0.05, 0.1) is 5.69 Å². The first-order chi connectivity index (χ1) is 9.69. The molecule has 0 fully saturated rings. The molecule has 1 aromatic rings. The maximum atomic E-state index is 12.1. The number of ether oxygens (including phenoxy) is 1. The van der Waals surface area contributed by atoms with Crippen LogP contribution < -0.4 is 5.32 Å². The Hall–Kier alpha value is -1.63. The maximum Gasteiger partial charge on any atom is 0.410 e. The van der Waals surface area contributed by atoms with Gasteiger partial charge in [-0.1, -0.05) is 5.21 Å². The predicted molar refractivity (Wildman–Crippen MR) is 80.8 cm³/mol. The molecule has 0 radical (unpaired) electrons. The molecule has 1 rings (SSSR count). The van der Waals surface area contributed by atoms with Crippen molar-refractivity contribution in [2.45, 2.75) is 52.8 Å². The molecular weight excluding hydrogens is 270 g/mol. The molecule has 0 spiro atoms. The monoisotopic (exact) mass is 297 g/mol. The first-order valence-electron chi connectivity index (χ1n) is 7.24. The van der Waals surface area contributed by atoms with Crippen LogP contribution in [0, 0.1) is 0 Å². The zero-order valence-corrected chi connectivity index (χ0v) is 13.9. The number of aromatic nitrogens is 3. The number of carbonyl (C=O) groups excluding carboxylic acids is 1. The lowest BCUT2D eigenvalue weighted by Crippen LogP contribution is -2.44. The topological polar surface area (TPSA) is 72.3 Å². The highest BCUT2D eigenvalue weighted by molar-refractivity contribution is 5.68. The van der Waals surface area contributed by atoms with Crippen molar-refractivity contribution in [2.75, 3.05) is 13.1 Å². The summed E-state index contributed by atoms with van der Waals surface area (Å²) >= 11 is 0. The van der Waals surface area contributed by atoms with Gasteiger partial charge in [-0.15, -0.1) is 5.10 Å². The molecular formula is C14H27N5O2. The minimum atomic E-state index is -0.475. The van der Waals surface area contributed by atoms with Crippen molar-refractivity contribution in [3.8, 4) is 0 Å². The maximum absolute atomic E-state index is 12.1. The first-order valence-corrected chi connectivity index (χ1v) is 7.24. The van der Waals surface area contributed by atoms with E-state index in [1.54, 1.807) is 9.58 Å². The Labute approximate surface area is 126 Å². The van der Waals surface area contributed by atoms with Crippen molar-refractivity contribution in [2.24, 2.45) is 7.05 Å². The molecule has 0 aliphatic carbocycles. The van der Waals surface area contributed by atoms with E-state index in [9.17, 15) is 4.79 Å². The lowest BCUT2D eigenvalue weighted by molar-refractivity contribution is 0.0193. The van der Waals surface area contributed by atoms with E-state index in [-0.39, 0.29) is 12.1 Å². The second-order valence-corrected chi connectivity index (χ2v) is 6.33. The largest absolute Gasteiger partial charge is 0.444 e. The SMILES string of the molecule is CC(C)N(CCNCc1cn(C)nn1)C(=O)OC(C)(C)C. The lowest BCUT2D eigenvalue weighted by atomic mass is 10.2. The number of amides is 1. The molecule has 0 aromatic carbocycles. The number of hydrogen-bond acceptors (Lipinski definition) is 5. The molecule has 0 atom stereocenters. The van der Waals surface area contributed by atoms with Crippen LogP contribution in [0.4, 0.5) is 4.79 Å². The molecule has 120 valence electrons. The van der Waals surface area contributed by atoms with Gasteiger partial charge >= 0.3 is 6.09 Å². The fourth-order valence-corrected chi connectivity index (χ4v) is 1.77. The number of aryl methyl sites for hydroxylation is 1. The van der Waals surface area contributed by atoms with Crippen molar-refractivity contribution >= 4 is 6.09 Å². The van der Waals surface area contributed by atoms with Gasteiger partial charge in [0, 0.05) is 38.9 Å². The summed E-state index contributed by atoms with van der Waals surface area (Å²) in [5, 5.41) is 11.1. The number of carbonyl (C=O) groups is 1. The summed E-state index contributed by atoms with van der Waals surface area (Å²) in [7, 11) is 1.83. The van der Waals surface area contributed by atoms with E-state index >= 15 is 0 Å². The minimum Gasteiger partial charge on any atom is -0.444 e. The summed E-state index contributed by atoms with van der Waals surface area (Å²) < 4.78 is 7.08. The molecule has 0 aliphatic rings. The van der Waals surface area contributed by atoms with Gasteiger partial charge in [-0.05, 0) is 34.6 Å². The zero-order chi connectivity index (χ0) is 16.0. The second kappa shape index (κ2) is 7.40. The van der Waals surface area contributed by atoms with Gasteiger partial charge in [0.25, 0.3) is 0 Å². The van der Waals surface area contributed by atoms with E-state index in [2.05, 4.69) is 15.6 Å². The fourth-order valence-electron chi connectivity index (χ4n) is 1.77. The Bertz CT molecular complexity index is 450. The van der Waals surface area contributed by atoms with Crippen molar-refractivity contribution in [3.05, 3.63) is 11.9 Å². The van der Waals surface area contributed by atoms with Crippen molar-refractivity contribution < 1.29 is 9.53 Å². The Kier molecular flexibility index (Phi) is 6.14. The van der Waals surface area contributed by atoms with E-state index in [1.165, 1.54) is 0 Å². The summed E-state index contributed by atoms with van der Waals surface area (Å²) in [6.07, 6.45) is 1.58. The Morgan fingerprint density at radius 1 is 1.48 bits per heavy atom. The Morgan fingerprint density at radius 3 is 2.62 bits per heavy atom. The molecule has 7 heteroatoms. The van der Waals surface area contributed by atoms with Crippen LogP contribution in [0.25, 0.3) is 0 Å². The Morgan fingerprint density at radius 2 is 2.14 bits per heavy atom. The first kappa shape index (κ1) is 17.4. The van der Waals surface area contributed by atoms with E-state index in [4.69, 9.17) is 4.74 Å². The lowest BCUT2D eigenvalue weighted by Gasteiger charge is -2.30. The molecule has 7 nitrogen and oxygen atoms in total. The fraction of sp³-hybridized carbons (Fsp3) is 0.786. The van der Waals surface area contributed by atoms with Gasteiger partial charge in [0.1, 0.15) is 5.60 Å². The highest BCUT2D eigenvalue weighted by Crippen LogP contribution is 2.11. The third-order valence-corrected chi connectivity index (χ3v) is 2.74. The highest BCUT2D eigenvalue weighted by Gasteiger charge is 2.23. The summed E-state index contributed by atoms with van der Waals surface area (Å²) in [4.78, 5) is 13.8. The van der Waals surface area contributed by atoms with Crippen LogP contribution >= 0.6 is 0 Å². The Balaban J connectivity index is 2.39. The van der Waals surface area contributed by atoms with Gasteiger partial charge in [0.15, 0.2) is 0 Å². The minimum absolute atomic E-state index is 0.0955. The van der Waals surface area contributed by atoms with E-state index in [0.717, 1.165) is 5.69 Å². The molecule has 0 bridgehead atoms. The third kappa shape index (κ3) is 6.57. The van der Waals surface area contributed by atoms with Gasteiger partial charge < -0.3 is 15.0 Å². The molecule has 0 aliphatic heterocycles. The van der Waals surface area contributed by atoms with Gasteiger partial charge in [-0.25, -0.2) is 4.79 Å². The standard InChI is InChI=1S/C14H27N5O2/c1-11(2)19(13(20)21-14(3,4)5)8-7-15-9-12-10-18(6)17-16-12/h10-11,15H,7-9H2,1-6H3. The molecule has 1 aromatic heterocycles. The van der Waals surface area contributed by atoms with Crippen LogP contribution in [0.1, 0.15) is 40.3 Å². The smallest absolute Gasteiger partial charge is 0.410 e. The van der Waals surface area contributed by atoms with Crippen LogP contribution in [0.5, 0.6) is 0 Å². The zero-order valence-electron chi connectivity index (χ0n) is 13.9. The van der Waals surface area contributed by atoms with Crippen LogP contribution in [0.3, 0.4) is 0 Å². The molecule has 1 amide bonds. The average Bonchev–Trinajstić information content (AvgIpc) is 2.71. The highest BCUT2D eigenvalue weighted by atomic mass is 16.6. The average molecular weight is 297 g/mol. The van der Waals surface area contributed by atoms with Crippen LogP contribution in [-0.4, -0.2) is 50.7 Å². The quantitative estimate of drug-likeness (QED) is 0.807. The van der Waals surface area contributed by atoms with Crippen molar-refractivity contribution in [3.63, 3.8) is 0 Å². The van der Waals surface area contributed by atoms with Crippen molar-refractivity contribution in [1.82, 2.24) is 25.2 Å². The van der Waals surface area contributed by atoms with Gasteiger partial charge in [0.2, 0.25) is 0 Å². The summed E-state index contributed by atoms with van der Waals surface area (Å²) in [5.74, 6) is 0. The number of nitrogens with zero attached hydrogens (tertiary/aromatic N) is 4. The van der Waals surface area contributed by atoms with E-state index in [1.807, 2.05) is 47.9 Å². The molecule has 0 unspecified atom stereocenters. The van der Waals surface area contributed by atoms with Gasteiger partial charge in [-0.3, -0.25) is 4.68 Å². The number of rotatable bonds is 6. The summed E-state index contributed by atoms with van der Waals surface area (Å²) in [5.41, 5.74) is 0.406. The second-order valence-electron chi connectivity index (χ2n) is 6.33. The molecule has 21 heavy (non-hydrogen) atoms. The van der Waals surface area contributed by atoms with Crippen LogP contribution in [0.15, 0.2) is 6.20 Å². The van der Waals surface area contributed by atoms with Crippen molar-refractivity contribution in [1.29, 1.82) is 0 Å². The predicted octanol–water partition coefficient (Wildman–Crippen LogP) is 1.55. The number of hydrogen-bond donors (Lipinski definition) is 1. The summed E-state index contributed by atoms with van der Waals surface area (Å²) in [6, 6.07) is 0.0955. The molecule has 0 saturated heterocycles. The van der Waals surface area contributed by atoms with Crippen LogP contribution in [0.2, 0.25) is 0 Å². The van der Waals surface area contributed by atoms with E-state index < -0.39 is 5.60 Å². The third-order valence-electron chi connectivity index (χ3n) is 2.74. The molecule has 1 N–H and O–H groups in total. The van der Waals surface area contributed by atoms with Crippen LogP contribution in [-0.2, 0) is 18.3 Å².